The molecule has 1 aliphatic heterocycles. The molecule has 414 valence electrons. The molecule has 0 bridgehead atoms. The Balaban J connectivity index is 2.21. The van der Waals surface area contributed by atoms with E-state index in [0.717, 1.165) is 38.5 Å². The lowest BCUT2D eigenvalue weighted by molar-refractivity contribution is -0.302. The fourth-order valence-corrected chi connectivity index (χ4v) is 9.92. The molecule has 1 fully saturated rings. The first-order chi connectivity index (χ1) is 34.3. The van der Waals surface area contributed by atoms with Gasteiger partial charge in [-0.25, -0.2) is 0 Å². The molecular weight excluding hydrogens is 875 g/mol. The van der Waals surface area contributed by atoms with Crippen molar-refractivity contribution >= 4 is 5.91 Å². The van der Waals surface area contributed by atoms with Crippen molar-refractivity contribution in [1.29, 1.82) is 0 Å². The maximum atomic E-state index is 13.1. The Bertz CT molecular complexity index is 1150. The van der Waals surface area contributed by atoms with Crippen LogP contribution in [0.1, 0.15) is 303 Å². The molecule has 0 saturated carbocycles. The van der Waals surface area contributed by atoms with Gasteiger partial charge in [-0.1, -0.05) is 276 Å². The summed E-state index contributed by atoms with van der Waals surface area (Å²) in [4.78, 5) is 13.1. The van der Waals surface area contributed by atoms with Gasteiger partial charge in [0.05, 0.1) is 25.4 Å². The Labute approximate surface area is 432 Å². The average molecular weight is 993 g/mol. The molecule has 1 heterocycles. The van der Waals surface area contributed by atoms with Gasteiger partial charge in [0.2, 0.25) is 5.91 Å². The van der Waals surface area contributed by atoms with Gasteiger partial charge in [0.15, 0.2) is 6.29 Å². The number of hydrogen-bond donors (Lipinski definition) is 6. The number of aliphatic hydroxyl groups excluding tert-OH is 5. The van der Waals surface area contributed by atoms with Crippen LogP contribution in [0.2, 0.25) is 0 Å². The Morgan fingerprint density at radius 2 is 0.800 bits per heavy atom. The molecule has 70 heavy (non-hydrogen) atoms. The molecule has 0 spiro atoms. The minimum Gasteiger partial charge on any atom is -0.394 e. The summed E-state index contributed by atoms with van der Waals surface area (Å²) in [6, 6.07) is -0.806. The van der Waals surface area contributed by atoms with E-state index in [1.54, 1.807) is 6.08 Å². The number of nitrogens with one attached hydrogen (secondary N) is 1. The number of hydrogen-bond acceptors (Lipinski definition) is 8. The van der Waals surface area contributed by atoms with Crippen molar-refractivity contribution in [1.82, 2.24) is 5.32 Å². The number of ether oxygens (including phenoxy) is 2. The summed E-state index contributed by atoms with van der Waals surface area (Å²) in [5.74, 6) is -0.176. The van der Waals surface area contributed by atoms with Crippen molar-refractivity contribution in [3.8, 4) is 0 Å². The highest BCUT2D eigenvalue weighted by atomic mass is 16.7. The highest BCUT2D eigenvalue weighted by Gasteiger charge is 2.44. The van der Waals surface area contributed by atoms with E-state index in [1.807, 2.05) is 6.08 Å². The monoisotopic (exact) mass is 992 g/mol. The van der Waals surface area contributed by atoms with Gasteiger partial charge in [0.25, 0.3) is 0 Å². The van der Waals surface area contributed by atoms with E-state index >= 15 is 0 Å². The van der Waals surface area contributed by atoms with E-state index in [2.05, 4.69) is 31.3 Å². The maximum absolute atomic E-state index is 13.1. The number of aliphatic hydroxyl groups is 5. The van der Waals surface area contributed by atoms with Crippen molar-refractivity contribution in [2.24, 2.45) is 0 Å². The van der Waals surface area contributed by atoms with Crippen molar-refractivity contribution in [2.45, 2.75) is 346 Å². The van der Waals surface area contributed by atoms with Crippen LogP contribution < -0.4 is 5.32 Å². The summed E-state index contributed by atoms with van der Waals surface area (Å²) in [6.07, 6.45) is 58.2. The van der Waals surface area contributed by atoms with Crippen LogP contribution in [0.4, 0.5) is 0 Å². The van der Waals surface area contributed by atoms with Crippen molar-refractivity contribution in [2.75, 3.05) is 13.2 Å². The zero-order valence-corrected chi connectivity index (χ0v) is 46.0. The normalized spacial score (nSPS) is 19.4. The topological polar surface area (TPSA) is 149 Å². The SMILES string of the molecule is CCCCCCCCCCCCCC/C=C\CCCCCCCCCC(=O)NC(COC1OC(CO)C(O)C(O)C1O)C(O)/C=C/CCCCCCCCCCCCCCCCCCCCCCCC. The first kappa shape index (κ1) is 66.7. The van der Waals surface area contributed by atoms with Gasteiger partial charge in [0.1, 0.15) is 24.4 Å². The molecule has 7 atom stereocenters. The number of allylic oxidation sites excluding steroid dienone is 3. The largest absolute Gasteiger partial charge is 0.394 e. The second kappa shape index (κ2) is 51.2. The fraction of sp³-hybridized carbons (Fsp3) is 0.918. The van der Waals surface area contributed by atoms with E-state index in [9.17, 15) is 30.3 Å². The minimum atomic E-state index is -1.57. The number of unbranched alkanes of at least 4 members (excludes halogenated alkanes) is 41. The smallest absolute Gasteiger partial charge is 0.220 e. The molecule has 0 aromatic rings. The molecule has 7 unspecified atom stereocenters. The van der Waals surface area contributed by atoms with Crippen LogP contribution in [0.25, 0.3) is 0 Å². The molecule has 0 aliphatic carbocycles. The molecule has 0 aromatic carbocycles. The lowest BCUT2D eigenvalue weighted by Gasteiger charge is -2.40. The third-order valence-electron chi connectivity index (χ3n) is 14.8. The van der Waals surface area contributed by atoms with Crippen LogP contribution >= 0.6 is 0 Å². The standard InChI is InChI=1S/C61H117NO8/c1-3-5-7-9-11-13-15-17-19-21-23-25-27-29-30-32-34-36-38-40-42-44-46-48-50-55(64)54(53-69-61-60(68)59(67)58(66)56(52-63)70-61)62-57(65)51-49-47-45-43-41-39-37-35-33-31-28-26-24-22-20-18-16-14-12-10-8-6-4-2/h31,33,48,50,54-56,58-61,63-64,66-68H,3-30,32,34-47,49,51-53H2,1-2H3,(H,62,65)/b33-31-,50-48+. The Morgan fingerprint density at radius 3 is 1.16 bits per heavy atom. The molecule has 1 rings (SSSR count). The molecule has 0 radical (unpaired) electrons. The van der Waals surface area contributed by atoms with Crippen molar-refractivity contribution in [3.63, 3.8) is 0 Å². The summed E-state index contributed by atoms with van der Waals surface area (Å²) < 4.78 is 11.3. The van der Waals surface area contributed by atoms with Crippen LogP contribution in [0, 0.1) is 0 Å². The third kappa shape index (κ3) is 40.1. The van der Waals surface area contributed by atoms with Crippen LogP contribution in [0.3, 0.4) is 0 Å². The molecule has 9 heteroatoms. The van der Waals surface area contributed by atoms with E-state index in [1.165, 1.54) is 244 Å². The Kier molecular flexibility index (Phi) is 48.7. The van der Waals surface area contributed by atoms with E-state index in [-0.39, 0.29) is 12.5 Å². The average Bonchev–Trinajstić information content (AvgIpc) is 3.36. The predicted octanol–water partition coefficient (Wildman–Crippen LogP) is 15.4. The Morgan fingerprint density at radius 1 is 0.471 bits per heavy atom. The van der Waals surface area contributed by atoms with Gasteiger partial charge in [-0.2, -0.15) is 0 Å². The molecule has 0 aromatic heterocycles. The quantitative estimate of drug-likeness (QED) is 0.0261. The summed E-state index contributed by atoms with van der Waals surface area (Å²) in [5.41, 5.74) is 0. The first-order valence-electron chi connectivity index (χ1n) is 30.6. The lowest BCUT2D eigenvalue weighted by atomic mass is 9.99. The van der Waals surface area contributed by atoms with Crippen LogP contribution in [-0.2, 0) is 14.3 Å². The van der Waals surface area contributed by atoms with Gasteiger partial charge in [-0.15, -0.1) is 0 Å². The van der Waals surface area contributed by atoms with E-state index in [0.29, 0.717) is 6.42 Å². The van der Waals surface area contributed by atoms with Gasteiger partial charge < -0.3 is 40.3 Å². The molecule has 1 saturated heterocycles. The van der Waals surface area contributed by atoms with Crippen LogP contribution in [0.15, 0.2) is 24.3 Å². The summed E-state index contributed by atoms with van der Waals surface area (Å²) in [5, 5.41) is 54.6. The highest BCUT2D eigenvalue weighted by molar-refractivity contribution is 5.76. The zero-order valence-electron chi connectivity index (χ0n) is 46.0. The van der Waals surface area contributed by atoms with Crippen molar-refractivity contribution in [3.05, 3.63) is 24.3 Å². The van der Waals surface area contributed by atoms with Crippen LogP contribution in [-0.4, -0.2) is 87.5 Å². The minimum absolute atomic E-state index is 0.176. The molecule has 9 nitrogen and oxygen atoms in total. The predicted molar refractivity (Wildman–Crippen MR) is 295 cm³/mol. The maximum Gasteiger partial charge on any atom is 0.220 e. The number of amides is 1. The van der Waals surface area contributed by atoms with Crippen LogP contribution in [0.5, 0.6) is 0 Å². The van der Waals surface area contributed by atoms with Gasteiger partial charge in [-0.05, 0) is 44.9 Å². The zero-order chi connectivity index (χ0) is 50.8. The van der Waals surface area contributed by atoms with Gasteiger partial charge >= 0.3 is 0 Å². The Hall–Kier alpha value is -1.33. The van der Waals surface area contributed by atoms with Gasteiger partial charge in [0, 0.05) is 6.42 Å². The summed E-state index contributed by atoms with van der Waals surface area (Å²) in [7, 11) is 0. The summed E-state index contributed by atoms with van der Waals surface area (Å²) in [6.45, 7) is 3.82. The number of rotatable bonds is 53. The fourth-order valence-electron chi connectivity index (χ4n) is 9.92. The lowest BCUT2D eigenvalue weighted by Crippen LogP contribution is -2.60. The third-order valence-corrected chi connectivity index (χ3v) is 14.8. The molecule has 1 amide bonds. The van der Waals surface area contributed by atoms with E-state index in [4.69, 9.17) is 9.47 Å². The van der Waals surface area contributed by atoms with E-state index < -0.39 is 49.5 Å². The highest BCUT2D eigenvalue weighted by Crippen LogP contribution is 2.23. The van der Waals surface area contributed by atoms with Gasteiger partial charge in [-0.3, -0.25) is 4.79 Å². The number of carbonyl (C=O) groups is 1. The summed E-state index contributed by atoms with van der Waals surface area (Å²) >= 11 is 0. The van der Waals surface area contributed by atoms with Crippen molar-refractivity contribution < 1.29 is 39.8 Å². The first-order valence-corrected chi connectivity index (χ1v) is 30.6. The second-order valence-electron chi connectivity index (χ2n) is 21.5. The molecular formula is C61H117NO8. The molecule has 1 aliphatic rings. The molecule has 6 N–H and O–H groups in total. The second-order valence-corrected chi connectivity index (χ2v) is 21.5. The number of carbonyl (C=O) groups excluding carboxylic acids is 1.